The molecule has 106 valence electrons. The number of nitrogens with one attached hydrogen (secondary N) is 1. The van der Waals surface area contributed by atoms with Gasteiger partial charge in [-0.15, -0.1) is 0 Å². The largest absolute Gasteiger partial charge is 0.461 e. The Balaban J connectivity index is 2.14. The first-order chi connectivity index (χ1) is 9.54. The molecule has 1 unspecified atom stereocenters. The van der Waals surface area contributed by atoms with E-state index in [1.807, 2.05) is 51.1 Å². The van der Waals surface area contributed by atoms with E-state index in [9.17, 15) is 0 Å². The maximum absolute atomic E-state index is 5.67. The molecule has 20 heavy (non-hydrogen) atoms. The highest BCUT2D eigenvalue weighted by atomic mass is 16.5. The molecule has 0 bridgehead atoms. The van der Waals surface area contributed by atoms with Gasteiger partial charge in [-0.25, -0.2) is 0 Å². The molecule has 2 rings (SSSR count). The Kier molecular flexibility index (Phi) is 4.34. The van der Waals surface area contributed by atoms with Crippen LogP contribution in [0.25, 0.3) is 0 Å². The molecule has 1 aromatic carbocycles. The van der Waals surface area contributed by atoms with Crippen molar-refractivity contribution in [3.05, 3.63) is 35.9 Å². The van der Waals surface area contributed by atoms with Crippen molar-refractivity contribution in [2.75, 3.05) is 11.1 Å². The molecule has 0 radical (unpaired) electrons. The number of hydrogen-bond acceptors (Lipinski definition) is 6. The van der Waals surface area contributed by atoms with Crippen molar-refractivity contribution in [2.24, 2.45) is 0 Å². The second kappa shape index (κ2) is 6.18. The Bertz CT molecular complexity index is 559. The van der Waals surface area contributed by atoms with E-state index in [1.165, 1.54) is 0 Å². The maximum atomic E-state index is 5.67. The van der Waals surface area contributed by atoms with Gasteiger partial charge in [-0.05, 0) is 26.3 Å². The highest BCUT2D eigenvalue weighted by Gasteiger charge is 2.10. The number of nitrogens with two attached hydrogens (primary N) is 1. The first kappa shape index (κ1) is 14.0. The number of anilines is 2. The van der Waals surface area contributed by atoms with Gasteiger partial charge in [0.2, 0.25) is 11.9 Å². The molecule has 0 saturated heterocycles. The zero-order valence-electron chi connectivity index (χ0n) is 11.9. The number of nitrogens with zero attached hydrogens (tertiary/aromatic N) is 3. The maximum Gasteiger partial charge on any atom is 0.323 e. The standard InChI is InChI=1S/C14H19N5O/c1-9(2)20-14-18-12(15)17-13(19-14)16-10(3)11-7-5-4-6-8-11/h4-10H,1-3H3,(H3,15,16,17,18,19). The molecule has 0 saturated carbocycles. The SMILES string of the molecule is CC(C)Oc1nc(N)nc(NC(C)c2ccccc2)n1. The van der Waals surface area contributed by atoms with Gasteiger partial charge in [-0.2, -0.15) is 15.0 Å². The summed E-state index contributed by atoms with van der Waals surface area (Å²) in [4.78, 5) is 12.2. The minimum Gasteiger partial charge on any atom is -0.461 e. The van der Waals surface area contributed by atoms with Crippen LogP contribution in [0.1, 0.15) is 32.4 Å². The Morgan fingerprint density at radius 3 is 2.40 bits per heavy atom. The molecular weight excluding hydrogens is 254 g/mol. The molecule has 1 heterocycles. The number of ether oxygens (including phenoxy) is 1. The van der Waals surface area contributed by atoms with Crippen LogP contribution in [-0.2, 0) is 0 Å². The molecule has 0 amide bonds. The molecule has 1 aromatic heterocycles. The Hall–Kier alpha value is -2.37. The number of benzene rings is 1. The molecule has 6 heteroatoms. The molecule has 0 aliphatic rings. The Morgan fingerprint density at radius 2 is 1.75 bits per heavy atom. The van der Waals surface area contributed by atoms with Crippen LogP contribution in [-0.4, -0.2) is 21.1 Å². The Morgan fingerprint density at radius 1 is 1.05 bits per heavy atom. The molecule has 1 atom stereocenters. The van der Waals surface area contributed by atoms with Crippen LogP contribution in [0.2, 0.25) is 0 Å². The number of hydrogen-bond donors (Lipinski definition) is 2. The van der Waals surface area contributed by atoms with Gasteiger partial charge >= 0.3 is 6.01 Å². The van der Waals surface area contributed by atoms with Crippen LogP contribution in [0, 0.1) is 0 Å². The fourth-order valence-electron chi connectivity index (χ4n) is 1.72. The molecule has 0 aliphatic carbocycles. The number of nitrogen functional groups attached to an aromatic ring is 1. The van der Waals surface area contributed by atoms with E-state index >= 15 is 0 Å². The molecular formula is C14H19N5O. The van der Waals surface area contributed by atoms with Crippen LogP contribution in [0.3, 0.4) is 0 Å². The van der Waals surface area contributed by atoms with Crippen LogP contribution < -0.4 is 15.8 Å². The van der Waals surface area contributed by atoms with E-state index in [-0.39, 0.29) is 24.1 Å². The fourth-order valence-corrected chi connectivity index (χ4v) is 1.72. The topological polar surface area (TPSA) is 86.0 Å². The van der Waals surface area contributed by atoms with Crippen molar-refractivity contribution in [1.82, 2.24) is 15.0 Å². The summed E-state index contributed by atoms with van der Waals surface area (Å²) in [5.41, 5.74) is 6.80. The van der Waals surface area contributed by atoms with Crippen molar-refractivity contribution in [3.8, 4) is 6.01 Å². The Labute approximate surface area is 118 Å². The van der Waals surface area contributed by atoms with Gasteiger partial charge in [0.1, 0.15) is 0 Å². The molecule has 0 aliphatic heterocycles. The van der Waals surface area contributed by atoms with E-state index < -0.39 is 0 Å². The molecule has 6 nitrogen and oxygen atoms in total. The molecule has 3 N–H and O–H groups in total. The predicted octanol–water partition coefficient (Wildman–Crippen LogP) is 2.41. The summed E-state index contributed by atoms with van der Waals surface area (Å²) >= 11 is 0. The van der Waals surface area contributed by atoms with Crippen molar-refractivity contribution < 1.29 is 4.74 Å². The van der Waals surface area contributed by atoms with Gasteiger partial charge in [0.25, 0.3) is 0 Å². The summed E-state index contributed by atoms with van der Waals surface area (Å²) in [5, 5.41) is 3.19. The van der Waals surface area contributed by atoms with Gasteiger partial charge in [0, 0.05) is 0 Å². The minimum atomic E-state index is -0.0174. The lowest BCUT2D eigenvalue weighted by Gasteiger charge is -2.15. The summed E-state index contributed by atoms with van der Waals surface area (Å²) in [6.07, 6.45) is -0.0174. The second-order valence-corrected chi connectivity index (χ2v) is 4.74. The van der Waals surface area contributed by atoms with Gasteiger partial charge in [-0.3, -0.25) is 0 Å². The van der Waals surface area contributed by atoms with Crippen LogP contribution >= 0.6 is 0 Å². The second-order valence-electron chi connectivity index (χ2n) is 4.74. The number of aromatic nitrogens is 3. The first-order valence-electron chi connectivity index (χ1n) is 6.54. The average molecular weight is 273 g/mol. The van der Waals surface area contributed by atoms with Gasteiger partial charge in [0.15, 0.2) is 0 Å². The molecule has 0 spiro atoms. The lowest BCUT2D eigenvalue weighted by molar-refractivity contribution is 0.222. The summed E-state index contributed by atoms with van der Waals surface area (Å²) in [6.45, 7) is 5.83. The van der Waals surface area contributed by atoms with Crippen LogP contribution in [0.4, 0.5) is 11.9 Å². The zero-order valence-corrected chi connectivity index (χ0v) is 11.9. The monoisotopic (exact) mass is 273 g/mol. The van der Waals surface area contributed by atoms with E-state index in [4.69, 9.17) is 10.5 Å². The summed E-state index contributed by atoms with van der Waals surface area (Å²) < 4.78 is 5.44. The third-order valence-electron chi connectivity index (χ3n) is 2.62. The quantitative estimate of drug-likeness (QED) is 0.870. The van der Waals surface area contributed by atoms with Gasteiger partial charge < -0.3 is 15.8 Å². The van der Waals surface area contributed by atoms with Gasteiger partial charge in [-0.1, -0.05) is 30.3 Å². The fraction of sp³-hybridized carbons (Fsp3) is 0.357. The van der Waals surface area contributed by atoms with Crippen LogP contribution in [0.15, 0.2) is 30.3 Å². The summed E-state index contributed by atoms with van der Waals surface area (Å²) in [7, 11) is 0. The van der Waals surface area contributed by atoms with Crippen molar-refractivity contribution in [2.45, 2.75) is 32.9 Å². The van der Waals surface area contributed by atoms with Crippen molar-refractivity contribution in [3.63, 3.8) is 0 Å². The highest BCUT2D eigenvalue weighted by molar-refractivity contribution is 5.36. The highest BCUT2D eigenvalue weighted by Crippen LogP contribution is 2.18. The summed E-state index contributed by atoms with van der Waals surface area (Å²) in [5.74, 6) is 0.544. The van der Waals surface area contributed by atoms with Gasteiger partial charge in [0.05, 0.1) is 12.1 Å². The zero-order chi connectivity index (χ0) is 14.5. The lowest BCUT2D eigenvalue weighted by Crippen LogP contribution is -2.14. The number of rotatable bonds is 5. The van der Waals surface area contributed by atoms with E-state index in [0.717, 1.165) is 5.56 Å². The average Bonchev–Trinajstić information content (AvgIpc) is 2.38. The molecule has 0 fully saturated rings. The smallest absolute Gasteiger partial charge is 0.323 e. The third-order valence-corrected chi connectivity index (χ3v) is 2.62. The van der Waals surface area contributed by atoms with Crippen LogP contribution in [0.5, 0.6) is 6.01 Å². The van der Waals surface area contributed by atoms with E-state index in [2.05, 4.69) is 20.3 Å². The minimum absolute atomic E-state index is 0.0174. The first-order valence-corrected chi connectivity index (χ1v) is 6.54. The lowest BCUT2D eigenvalue weighted by atomic mass is 10.1. The van der Waals surface area contributed by atoms with Crippen molar-refractivity contribution >= 4 is 11.9 Å². The predicted molar refractivity (Wildman–Crippen MR) is 78.5 cm³/mol. The molecule has 2 aromatic rings. The summed E-state index contributed by atoms with van der Waals surface area (Å²) in [6, 6.07) is 10.3. The third kappa shape index (κ3) is 3.81. The normalized spacial score (nSPS) is 12.2. The van der Waals surface area contributed by atoms with Crippen molar-refractivity contribution in [1.29, 1.82) is 0 Å². The van der Waals surface area contributed by atoms with E-state index in [1.54, 1.807) is 0 Å². The van der Waals surface area contributed by atoms with E-state index in [0.29, 0.717) is 5.95 Å².